The van der Waals surface area contributed by atoms with E-state index in [4.69, 9.17) is 5.73 Å². The number of imidazole rings is 1. The predicted molar refractivity (Wildman–Crippen MR) is 51.7 cm³/mol. The summed E-state index contributed by atoms with van der Waals surface area (Å²) in [6, 6.07) is 3.95. The summed E-state index contributed by atoms with van der Waals surface area (Å²) in [6.07, 6.45) is 1.68. The van der Waals surface area contributed by atoms with Gasteiger partial charge in [-0.25, -0.2) is 4.98 Å². The molecule has 0 fully saturated rings. The fourth-order valence-corrected chi connectivity index (χ4v) is 1.65. The normalized spacial score (nSPS) is 10.8. The van der Waals surface area contributed by atoms with Gasteiger partial charge in [0.2, 0.25) is 0 Å². The maximum atomic E-state index is 5.56. The Kier molecular flexibility index (Phi) is 1.86. The average molecular weight is 226 g/mol. The van der Waals surface area contributed by atoms with Crippen molar-refractivity contribution >= 4 is 27.0 Å². The third-order valence-corrected chi connectivity index (χ3v) is 2.49. The summed E-state index contributed by atoms with van der Waals surface area (Å²) in [7, 11) is 0. The second kappa shape index (κ2) is 2.88. The van der Waals surface area contributed by atoms with Gasteiger partial charge in [-0.3, -0.25) is 0 Å². The Bertz CT molecular complexity index is 408. The highest BCUT2D eigenvalue weighted by molar-refractivity contribution is 9.10. The summed E-state index contributed by atoms with van der Waals surface area (Å²) in [6.45, 7) is 0.522. The molecule has 62 valence electrons. The van der Waals surface area contributed by atoms with Crippen molar-refractivity contribution in [2.24, 2.45) is 5.73 Å². The van der Waals surface area contributed by atoms with E-state index in [1.54, 1.807) is 6.33 Å². The van der Waals surface area contributed by atoms with Crippen molar-refractivity contribution in [3.05, 3.63) is 28.5 Å². The smallest absolute Gasteiger partial charge is 0.0939 e. The van der Waals surface area contributed by atoms with Crippen LogP contribution in [-0.4, -0.2) is 9.97 Å². The molecule has 0 aliphatic carbocycles. The summed E-state index contributed by atoms with van der Waals surface area (Å²) in [5, 5.41) is 0. The maximum absolute atomic E-state index is 5.56. The number of benzene rings is 1. The van der Waals surface area contributed by atoms with E-state index in [0.717, 1.165) is 21.1 Å². The number of rotatable bonds is 1. The second-order valence-electron chi connectivity index (χ2n) is 2.54. The van der Waals surface area contributed by atoms with Crippen LogP contribution in [0.4, 0.5) is 0 Å². The minimum absolute atomic E-state index is 0.522. The van der Waals surface area contributed by atoms with Crippen LogP contribution in [0.15, 0.2) is 22.9 Å². The molecule has 2 aromatic rings. The molecule has 0 unspecified atom stereocenters. The van der Waals surface area contributed by atoms with Crippen LogP contribution in [-0.2, 0) is 6.54 Å². The molecule has 3 N–H and O–H groups in total. The molecule has 0 saturated heterocycles. The molecule has 1 aromatic carbocycles. The number of nitrogens with zero attached hydrogens (tertiary/aromatic N) is 1. The van der Waals surface area contributed by atoms with Gasteiger partial charge >= 0.3 is 0 Å². The van der Waals surface area contributed by atoms with Gasteiger partial charge in [-0.2, -0.15) is 0 Å². The summed E-state index contributed by atoms with van der Waals surface area (Å²) in [5.41, 5.74) is 8.58. The maximum Gasteiger partial charge on any atom is 0.0939 e. The molecule has 12 heavy (non-hydrogen) atoms. The van der Waals surface area contributed by atoms with E-state index in [9.17, 15) is 0 Å². The van der Waals surface area contributed by atoms with Crippen molar-refractivity contribution in [3.8, 4) is 0 Å². The van der Waals surface area contributed by atoms with Crippen molar-refractivity contribution in [1.29, 1.82) is 0 Å². The first-order chi connectivity index (χ1) is 5.83. The Morgan fingerprint density at radius 1 is 1.50 bits per heavy atom. The number of aromatic amines is 1. The van der Waals surface area contributed by atoms with E-state index in [2.05, 4.69) is 25.9 Å². The van der Waals surface area contributed by atoms with Gasteiger partial charge in [0.15, 0.2) is 0 Å². The molecular weight excluding hydrogens is 218 g/mol. The quantitative estimate of drug-likeness (QED) is 0.778. The van der Waals surface area contributed by atoms with Crippen molar-refractivity contribution in [2.75, 3.05) is 0 Å². The zero-order valence-corrected chi connectivity index (χ0v) is 7.93. The number of nitrogens with one attached hydrogen (secondary N) is 1. The van der Waals surface area contributed by atoms with Crippen LogP contribution in [0.3, 0.4) is 0 Å². The summed E-state index contributed by atoms with van der Waals surface area (Å²) < 4.78 is 1.02. The number of halogens is 1. The Morgan fingerprint density at radius 2 is 2.33 bits per heavy atom. The van der Waals surface area contributed by atoms with Crippen molar-refractivity contribution < 1.29 is 0 Å². The van der Waals surface area contributed by atoms with Gasteiger partial charge < -0.3 is 10.7 Å². The summed E-state index contributed by atoms with van der Waals surface area (Å²) >= 11 is 3.43. The topological polar surface area (TPSA) is 54.7 Å². The largest absolute Gasteiger partial charge is 0.344 e. The van der Waals surface area contributed by atoms with E-state index >= 15 is 0 Å². The number of fused-ring (bicyclic) bond motifs is 1. The monoisotopic (exact) mass is 225 g/mol. The van der Waals surface area contributed by atoms with Crippen molar-refractivity contribution in [1.82, 2.24) is 9.97 Å². The van der Waals surface area contributed by atoms with Crippen molar-refractivity contribution in [2.45, 2.75) is 6.54 Å². The van der Waals surface area contributed by atoms with E-state index in [-0.39, 0.29) is 0 Å². The molecule has 3 nitrogen and oxygen atoms in total. The molecule has 1 heterocycles. The Labute approximate surface area is 78.1 Å². The molecule has 2 rings (SSSR count). The van der Waals surface area contributed by atoms with E-state index < -0.39 is 0 Å². The van der Waals surface area contributed by atoms with Gasteiger partial charge in [0.1, 0.15) is 0 Å². The van der Waals surface area contributed by atoms with Crippen LogP contribution in [0.1, 0.15) is 5.56 Å². The molecule has 4 heteroatoms. The average Bonchev–Trinajstić information content (AvgIpc) is 2.54. The molecule has 0 saturated carbocycles. The first-order valence-corrected chi connectivity index (χ1v) is 4.42. The van der Waals surface area contributed by atoms with Crippen LogP contribution in [0.2, 0.25) is 0 Å². The molecule has 0 aliphatic heterocycles. The SMILES string of the molecule is NCc1ccc(Br)c2[nH]cnc12. The van der Waals surface area contributed by atoms with Gasteiger partial charge in [0.25, 0.3) is 0 Å². The standard InChI is InChI=1S/C8H8BrN3/c9-6-2-1-5(3-10)7-8(6)12-4-11-7/h1-2,4H,3,10H2,(H,11,12). The number of aromatic nitrogens is 2. The van der Waals surface area contributed by atoms with E-state index in [1.165, 1.54) is 0 Å². The van der Waals surface area contributed by atoms with Gasteiger partial charge in [-0.15, -0.1) is 0 Å². The van der Waals surface area contributed by atoms with Gasteiger partial charge in [0, 0.05) is 11.0 Å². The second-order valence-corrected chi connectivity index (χ2v) is 3.39. The highest BCUT2D eigenvalue weighted by Gasteiger charge is 2.04. The lowest BCUT2D eigenvalue weighted by molar-refractivity contribution is 1.08. The first-order valence-electron chi connectivity index (χ1n) is 3.63. The lowest BCUT2D eigenvalue weighted by atomic mass is 10.2. The van der Waals surface area contributed by atoms with Crippen LogP contribution in [0.5, 0.6) is 0 Å². The Morgan fingerprint density at radius 3 is 3.08 bits per heavy atom. The molecule has 1 aromatic heterocycles. The summed E-state index contributed by atoms with van der Waals surface area (Å²) in [4.78, 5) is 7.23. The third kappa shape index (κ3) is 1.04. The highest BCUT2D eigenvalue weighted by Crippen LogP contribution is 2.23. The van der Waals surface area contributed by atoms with Crippen LogP contribution >= 0.6 is 15.9 Å². The molecule has 0 spiro atoms. The van der Waals surface area contributed by atoms with Gasteiger partial charge in [0.05, 0.1) is 17.4 Å². The van der Waals surface area contributed by atoms with Gasteiger partial charge in [-0.1, -0.05) is 6.07 Å². The van der Waals surface area contributed by atoms with E-state index in [0.29, 0.717) is 6.54 Å². The third-order valence-electron chi connectivity index (χ3n) is 1.83. The molecule has 0 aliphatic rings. The molecule has 0 amide bonds. The number of hydrogen-bond donors (Lipinski definition) is 2. The number of nitrogens with two attached hydrogens (primary N) is 1. The Hall–Kier alpha value is -0.870. The van der Waals surface area contributed by atoms with Crippen molar-refractivity contribution in [3.63, 3.8) is 0 Å². The first kappa shape index (κ1) is 7.76. The summed E-state index contributed by atoms with van der Waals surface area (Å²) in [5.74, 6) is 0. The Balaban J connectivity index is 2.82. The lowest BCUT2D eigenvalue weighted by Gasteiger charge is -1.98. The zero-order valence-electron chi connectivity index (χ0n) is 6.34. The predicted octanol–water partition coefficient (Wildman–Crippen LogP) is 1.78. The van der Waals surface area contributed by atoms with Crippen LogP contribution < -0.4 is 5.73 Å². The van der Waals surface area contributed by atoms with E-state index in [1.807, 2.05) is 12.1 Å². The fraction of sp³-hybridized carbons (Fsp3) is 0.125. The molecule has 0 atom stereocenters. The van der Waals surface area contributed by atoms with Gasteiger partial charge in [-0.05, 0) is 27.6 Å². The van der Waals surface area contributed by atoms with Crippen LogP contribution in [0, 0.1) is 0 Å². The lowest BCUT2D eigenvalue weighted by Crippen LogP contribution is -1.96. The zero-order chi connectivity index (χ0) is 8.55. The number of hydrogen-bond acceptors (Lipinski definition) is 2. The highest BCUT2D eigenvalue weighted by atomic mass is 79.9. The number of H-pyrrole nitrogens is 1. The van der Waals surface area contributed by atoms with Crippen LogP contribution in [0.25, 0.3) is 11.0 Å². The molecular formula is C8H8BrN3. The minimum atomic E-state index is 0.522. The fourth-order valence-electron chi connectivity index (χ4n) is 1.22. The molecule has 0 radical (unpaired) electrons. The molecule has 0 bridgehead atoms. The minimum Gasteiger partial charge on any atom is -0.344 e.